The van der Waals surface area contributed by atoms with Crippen molar-refractivity contribution in [3.8, 4) is 11.5 Å². The summed E-state index contributed by atoms with van der Waals surface area (Å²) in [5.41, 5.74) is 1.13. The molecule has 0 aromatic heterocycles. The summed E-state index contributed by atoms with van der Waals surface area (Å²) in [5, 5.41) is 3.31. The predicted octanol–water partition coefficient (Wildman–Crippen LogP) is 1.97. The lowest BCUT2D eigenvalue weighted by Crippen LogP contribution is -2.19. The highest BCUT2D eigenvalue weighted by Crippen LogP contribution is 2.32. The summed E-state index contributed by atoms with van der Waals surface area (Å²) in [5.74, 6) is 1.63. The third-order valence-corrected chi connectivity index (χ3v) is 3.02. The molecule has 1 fully saturated rings. The van der Waals surface area contributed by atoms with Crippen molar-refractivity contribution < 1.29 is 14.2 Å². The second-order valence-corrected chi connectivity index (χ2v) is 4.33. The minimum Gasteiger partial charge on any atom is -0.493 e. The summed E-state index contributed by atoms with van der Waals surface area (Å²) in [6.07, 6.45) is 1.08. The van der Waals surface area contributed by atoms with E-state index in [0.29, 0.717) is 6.61 Å². The maximum atomic E-state index is 6.04. The van der Waals surface area contributed by atoms with Crippen molar-refractivity contribution >= 4 is 0 Å². The Labute approximate surface area is 108 Å². The standard InChI is InChI=1S/C14H21NO3/c1-3-15-9-11-5-4-6-13(16-2)14(11)18-12-7-8-17-10-12/h4-6,12,15H,3,7-10H2,1-2H3. The van der Waals surface area contributed by atoms with E-state index in [0.717, 1.165) is 43.2 Å². The Balaban J connectivity index is 2.16. The molecule has 4 heteroatoms. The molecule has 1 aliphatic heterocycles. The maximum Gasteiger partial charge on any atom is 0.166 e. The molecule has 2 rings (SSSR count). The minimum atomic E-state index is 0.140. The van der Waals surface area contributed by atoms with Crippen LogP contribution in [0, 0.1) is 0 Å². The second-order valence-electron chi connectivity index (χ2n) is 4.33. The first-order chi connectivity index (χ1) is 8.85. The second kappa shape index (κ2) is 6.61. The SMILES string of the molecule is CCNCc1cccc(OC)c1OC1CCOC1. The van der Waals surface area contributed by atoms with Gasteiger partial charge >= 0.3 is 0 Å². The van der Waals surface area contributed by atoms with Crippen molar-refractivity contribution in [2.45, 2.75) is 26.0 Å². The molecule has 1 atom stereocenters. The van der Waals surface area contributed by atoms with E-state index < -0.39 is 0 Å². The number of hydrogen-bond donors (Lipinski definition) is 1. The topological polar surface area (TPSA) is 39.7 Å². The van der Waals surface area contributed by atoms with Crippen LogP contribution < -0.4 is 14.8 Å². The Morgan fingerprint density at radius 1 is 1.44 bits per heavy atom. The molecule has 0 aliphatic carbocycles. The fourth-order valence-corrected chi connectivity index (χ4v) is 2.03. The zero-order valence-corrected chi connectivity index (χ0v) is 11.1. The molecule has 18 heavy (non-hydrogen) atoms. The lowest BCUT2D eigenvalue weighted by molar-refractivity contribution is 0.138. The van der Waals surface area contributed by atoms with E-state index in [2.05, 4.69) is 18.3 Å². The number of hydrogen-bond acceptors (Lipinski definition) is 4. The van der Waals surface area contributed by atoms with Gasteiger partial charge in [-0.15, -0.1) is 0 Å². The van der Waals surface area contributed by atoms with Crippen LogP contribution in [-0.4, -0.2) is 33.0 Å². The number of methoxy groups -OCH3 is 1. The van der Waals surface area contributed by atoms with Crippen molar-refractivity contribution in [2.75, 3.05) is 26.9 Å². The van der Waals surface area contributed by atoms with E-state index in [9.17, 15) is 0 Å². The third-order valence-electron chi connectivity index (χ3n) is 3.02. The fraction of sp³-hybridized carbons (Fsp3) is 0.571. The van der Waals surface area contributed by atoms with Gasteiger partial charge in [-0.25, -0.2) is 0 Å². The number of ether oxygens (including phenoxy) is 3. The first-order valence-electron chi connectivity index (χ1n) is 6.46. The molecule has 1 aliphatic rings. The van der Waals surface area contributed by atoms with Crippen LogP contribution in [0.2, 0.25) is 0 Å². The van der Waals surface area contributed by atoms with E-state index in [4.69, 9.17) is 14.2 Å². The summed E-state index contributed by atoms with van der Waals surface area (Å²) in [7, 11) is 1.67. The number of nitrogens with one attached hydrogen (secondary N) is 1. The van der Waals surface area contributed by atoms with Crippen molar-refractivity contribution in [3.05, 3.63) is 23.8 Å². The highest BCUT2D eigenvalue weighted by atomic mass is 16.6. The van der Waals surface area contributed by atoms with Gasteiger partial charge in [-0.3, -0.25) is 0 Å². The van der Waals surface area contributed by atoms with E-state index in [1.165, 1.54) is 0 Å². The first-order valence-corrected chi connectivity index (χ1v) is 6.46. The molecular weight excluding hydrogens is 230 g/mol. The van der Waals surface area contributed by atoms with Crippen molar-refractivity contribution in [2.24, 2.45) is 0 Å². The van der Waals surface area contributed by atoms with E-state index >= 15 is 0 Å². The molecule has 0 saturated carbocycles. The molecular formula is C14H21NO3. The van der Waals surface area contributed by atoms with Crippen LogP contribution in [0.15, 0.2) is 18.2 Å². The van der Waals surface area contributed by atoms with Crippen molar-refractivity contribution in [1.82, 2.24) is 5.32 Å². The number of rotatable bonds is 6. The van der Waals surface area contributed by atoms with Gasteiger partial charge in [0.1, 0.15) is 6.10 Å². The monoisotopic (exact) mass is 251 g/mol. The van der Waals surface area contributed by atoms with Gasteiger partial charge in [0.2, 0.25) is 0 Å². The van der Waals surface area contributed by atoms with Crippen molar-refractivity contribution in [1.29, 1.82) is 0 Å². The molecule has 1 aromatic rings. The number of benzene rings is 1. The smallest absolute Gasteiger partial charge is 0.166 e. The van der Waals surface area contributed by atoms with Crippen LogP contribution in [0.4, 0.5) is 0 Å². The normalized spacial score (nSPS) is 18.9. The average Bonchev–Trinajstić information content (AvgIpc) is 2.90. The van der Waals surface area contributed by atoms with Crippen molar-refractivity contribution in [3.63, 3.8) is 0 Å². The van der Waals surface area contributed by atoms with E-state index in [1.54, 1.807) is 7.11 Å². The summed E-state index contributed by atoms with van der Waals surface area (Å²) in [6.45, 7) is 5.26. The molecule has 4 nitrogen and oxygen atoms in total. The highest BCUT2D eigenvalue weighted by Gasteiger charge is 2.20. The Morgan fingerprint density at radius 2 is 2.33 bits per heavy atom. The zero-order chi connectivity index (χ0) is 12.8. The largest absolute Gasteiger partial charge is 0.493 e. The Bertz CT molecular complexity index is 375. The predicted molar refractivity (Wildman–Crippen MR) is 70.2 cm³/mol. The van der Waals surface area contributed by atoms with E-state index in [1.807, 2.05) is 12.1 Å². The molecule has 1 N–H and O–H groups in total. The molecule has 0 amide bonds. The molecule has 0 bridgehead atoms. The summed E-state index contributed by atoms with van der Waals surface area (Å²) in [6, 6.07) is 5.99. The quantitative estimate of drug-likeness (QED) is 0.839. The molecule has 1 saturated heterocycles. The molecule has 1 aromatic carbocycles. The lowest BCUT2D eigenvalue weighted by atomic mass is 10.1. The van der Waals surface area contributed by atoms with E-state index in [-0.39, 0.29) is 6.10 Å². The summed E-state index contributed by atoms with van der Waals surface area (Å²) < 4.78 is 16.8. The maximum absolute atomic E-state index is 6.04. The van der Waals surface area contributed by atoms with Crippen LogP contribution in [0.5, 0.6) is 11.5 Å². The van der Waals surface area contributed by atoms with Crippen LogP contribution in [0.1, 0.15) is 18.9 Å². The van der Waals surface area contributed by atoms with Gasteiger partial charge in [-0.2, -0.15) is 0 Å². The van der Waals surface area contributed by atoms with Gasteiger partial charge in [-0.1, -0.05) is 19.1 Å². The highest BCUT2D eigenvalue weighted by molar-refractivity contribution is 5.46. The van der Waals surface area contributed by atoms with Gasteiger partial charge < -0.3 is 19.5 Å². The van der Waals surface area contributed by atoms with Crippen LogP contribution in [0.3, 0.4) is 0 Å². The molecule has 1 unspecified atom stereocenters. The Hall–Kier alpha value is -1.26. The summed E-state index contributed by atoms with van der Waals surface area (Å²) >= 11 is 0. The number of para-hydroxylation sites is 1. The van der Waals surface area contributed by atoms with Crippen LogP contribution in [-0.2, 0) is 11.3 Å². The molecule has 0 spiro atoms. The minimum absolute atomic E-state index is 0.140. The Morgan fingerprint density at radius 3 is 3.00 bits per heavy atom. The summed E-state index contributed by atoms with van der Waals surface area (Å²) in [4.78, 5) is 0. The zero-order valence-electron chi connectivity index (χ0n) is 11.1. The molecule has 0 radical (unpaired) electrons. The Kier molecular flexibility index (Phi) is 4.84. The van der Waals surface area contributed by atoms with Crippen LogP contribution >= 0.6 is 0 Å². The lowest BCUT2D eigenvalue weighted by Gasteiger charge is -2.18. The van der Waals surface area contributed by atoms with Crippen LogP contribution in [0.25, 0.3) is 0 Å². The van der Waals surface area contributed by atoms with Gasteiger partial charge in [-0.05, 0) is 12.6 Å². The first kappa shape index (κ1) is 13.2. The molecule has 100 valence electrons. The molecule has 1 heterocycles. The average molecular weight is 251 g/mol. The third kappa shape index (κ3) is 3.15. The van der Waals surface area contributed by atoms with Gasteiger partial charge in [0.15, 0.2) is 11.5 Å². The van der Waals surface area contributed by atoms with Gasteiger partial charge in [0, 0.05) is 18.5 Å². The van der Waals surface area contributed by atoms with Gasteiger partial charge in [0.25, 0.3) is 0 Å². The fourth-order valence-electron chi connectivity index (χ4n) is 2.03. The van der Waals surface area contributed by atoms with Gasteiger partial charge in [0.05, 0.1) is 20.3 Å².